The van der Waals surface area contributed by atoms with Gasteiger partial charge in [-0.05, 0) is 31.4 Å². The average Bonchev–Trinajstić information content (AvgIpc) is 3.18. The van der Waals surface area contributed by atoms with Crippen LogP contribution in [-0.2, 0) is 6.54 Å². The van der Waals surface area contributed by atoms with Crippen molar-refractivity contribution < 1.29 is 14.6 Å². The molecule has 1 aliphatic rings. The standard InChI is InChI=1S/C20H29N5O3/c1-14(2)10-21-20(27)18-13-25(23-22-18)16-5-4-8-24(12-16)11-15-6-7-17(28-3)9-19(15)26/h6-7,9,13-14,16,26H,4-5,8,10-12H2,1-3H3,(H,21,27). The van der Waals surface area contributed by atoms with E-state index in [1.165, 1.54) is 0 Å². The predicted octanol–water partition coefficient (Wildman–Crippen LogP) is 2.22. The van der Waals surface area contributed by atoms with Crippen molar-refractivity contribution >= 4 is 5.91 Å². The Morgan fingerprint density at radius 3 is 2.96 bits per heavy atom. The third kappa shape index (κ3) is 5.01. The maximum atomic E-state index is 12.2. The number of rotatable bonds is 7. The van der Waals surface area contributed by atoms with Crippen LogP contribution < -0.4 is 10.1 Å². The summed E-state index contributed by atoms with van der Waals surface area (Å²) in [4.78, 5) is 14.5. The number of hydrogen-bond donors (Lipinski definition) is 2. The Balaban J connectivity index is 1.61. The first-order valence-corrected chi connectivity index (χ1v) is 9.74. The molecule has 3 rings (SSSR count). The van der Waals surface area contributed by atoms with Crippen LogP contribution in [0.4, 0.5) is 0 Å². The van der Waals surface area contributed by atoms with Gasteiger partial charge in [0.15, 0.2) is 5.69 Å². The zero-order valence-electron chi connectivity index (χ0n) is 16.8. The van der Waals surface area contributed by atoms with Crippen LogP contribution >= 0.6 is 0 Å². The van der Waals surface area contributed by atoms with Crippen molar-refractivity contribution in [1.29, 1.82) is 0 Å². The molecule has 2 N–H and O–H groups in total. The molecule has 1 atom stereocenters. The molecule has 8 nitrogen and oxygen atoms in total. The van der Waals surface area contributed by atoms with Crippen molar-refractivity contribution in [3.63, 3.8) is 0 Å². The van der Waals surface area contributed by atoms with Crippen LogP contribution in [-0.4, -0.2) is 57.7 Å². The van der Waals surface area contributed by atoms with E-state index in [0.29, 0.717) is 30.5 Å². The van der Waals surface area contributed by atoms with Gasteiger partial charge in [-0.1, -0.05) is 25.1 Å². The minimum Gasteiger partial charge on any atom is -0.507 e. The molecule has 0 bridgehead atoms. The number of aromatic nitrogens is 3. The monoisotopic (exact) mass is 387 g/mol. The predicted molar refractivity (Wildman–Crippen MR) is 105 cm³/mol. The van der Waals surface area contributed by atoms with Gasteiger partial charge in [-0.2, -0.15) is 0 Å². The highest BCUT2D eigenvalue weighted by Crippen LogP contribution is 2.27. The first-order valence-electron chi connectivity index (χ1n) is 9.74. The Hall–Kier alpha value is -2.61. The van der Waals surface area contributed by atoms with Crippen molar-refractivity contribution in [2.75, 3.05) is 26.7 Å². The molecule has 1 aliphatic heterocycles. The molecular weight excluding hydrogens is 358 g/mol. The molecular formula is C20H29N5O3. The van der Waals surface area contributed by atoms with Gasteiger partial charge in [-0.15, -0.1) is 5.10 Å². The molecule has 1 fully saturated rings. The first kappa shape index (κ1) is 20.1. The molecule has 1 saturated heterocycles. The highest BCUT2D eigenvalue weighted by molar-refractivity contribution is 5.91. The average molecular weight is 387 g/mol. The number of benzene rings is 1. The van der Waals surface area contributed by atoms with Crippen molar-refractivity contribution in [2.45, 2.75) is 39.3 Å². The fraction of sp³-hybridized carbons (Fsp3) is 0.550. The number of nitrogens with one attached hydrogen (secondary N) is 1. The van der Waals surface area contributed by atoms with Crippen LogP contribution in [0.3, 0.4) is 0 Å². The van der Waals surface area contributed by atoms with Gasteiger partial charge in [0.2, 0.25) is 0 Å². The van der Waals surface area contributed by atoms with Gasteiger partial charge < -0.3 is 15.2 Å². The molecule has 1 unspecified atom stereocenters. The third-order valence-electron chi connectivity index (χ3n) is 4.95. The van der Waals surface area contributed by atoms with Crippen molar-refractivity contribution in [3.8, 4) is 11.5 Å². The second kappa shape index (κ2) is 9.05. The minimum atomic E-state index is -0.184. The van der Waals surface area contributed by atoms with Crippen LogP contribution in [0, 0.1) is 5.92 Å². The van der Waals surface area contributed by atoms with Crippen LogP contribution in [0.5, 0.6) is 11.5 Å². The van der Waals surface area contributed by atoms with E-state index >= 15 is 0 Å². The number of phenolic OH excluding ortho intramolecular Hbond substituents is 1. The van der Waals surface area contributed by atoms with Gasteiger partial charge in [-0.25, -0.2) is 4.68 Å². The number of likely N-dealkylation sites (tertiary alicyclic amines) is 1. The number of phenols is 1. The molecule has 0 radical (unpaired) electrons. The first-order chi connectivity index (χ1) is 13.5. The molecule has 8 heteroatoms. The summed E-state index contributed by atoms with van der Waals surface area (Å²) in [6, 6.07) is 5.55. The summed E-state index contributed by atoms with van der Waals surface area (Å²) in [7, 11) is 1.58. The van der Waals surface area contributed by atoms with Gasteiger partial charge >= 0.3 is 0 Å². The summed E-state index contributed by atoms with van der Waals surface area (Å²) in [5.74, 6) is 1.09. The van der Waals surface area contributed by atoms with Crippen LogP contribution in [0.25, 0.3) is 0 Å². The smallest absolute Gasteiger partial charge is 0.273 e. The Morgan fingerprint density at radius 1 is 1.43 bits per heavy atom. The van der Waals surface area contributed by atoms with Gasteiger partial charge in [0.25, 0.3) is 5.91 Å². The Bertz CT molecular complexity index is 805. The topological polar surface area (TPSA) is 92.5 Å². The van der Waals surface area contributed by atoms with E-state index in [2.05, 4.69) is 20.5 Å². The van der Waals surface area contributed by atoms with Gasteiger partial charge in [0, 0.05) is 31.3 Å². The number of nitrogens with zero attached hydrogens (tertiary/aromatic N) is 4. The quantitative estimate of drug-likeness (QED) is 0.757. The fourth-order valence-corrected chi connectivity index (χ4v) is 3.38. The maximum absolute atomic E-state index is 12.2. The zero-order chi connectivity index (χ0) is 20.1. The zero-order valence-corrected chi connectivity index (χ0v) is 16.8. The number of amides is 1. The second-order valence-electron chi connectivity index (χ2n) is 7.71. The molecule has 0 aliphatic carbocycles. The SMILES string of the molecule is COc1ccc(CN2CCCC(n3cc(C(=O)NCC(C)C)nn3)C2)c(O)c1. The molecule has 2 heterocycles. The van der Waals surface area contributed by atoms with E-state index < -0.39 is 0 Å². The molecule has 152 valence electrons. The highest BCUT2D eigenvalue weighted by Gasteiger charge is 2.24. The number of piperidine rings is 1. The van der Waals surface area contributed by atoms with Crippen molar-refractivity contribution in [3.05, 3.63) is 35.7 Å². The van der Waals surface area contributed by atoms with E-state index in [0.717, 1.165) is 31.5 Å². The summed E-state index contributed by atoms with van der Waals surface area (Å²) in [5, 5.41) is 21.3. The molecule has 1 amide bonds. The van der Waals surface area contributed by atoms with E-state index in [1.54, 1.807) is 24.1 Å². The number of ether oxygens (including phenoxy) is 1. The highest BCUT2D eigenvalue weighted by atomic mass is 16.5. The maximum Gasteiger partial charge on any atom is 0.273 e. The summed E-state index contributed by atoms with van der Waals surface area (Å²) >= 11 is 0. The van der Waals surface area contributed by atoms with Crippen LogP contribution in [0.1, 0.15) is 48.8 Å². The number of carbonyl (C=O) groups excluding carboxylic acids is 1. The summed E-state index contributed by atoms with van der Waals surface area (Å²) < 4.78 is 6.94. The lowest BCUT2D eigenvalue weighted by Gasteiger charge is -2.32. The summed E-state index contributed by atoms with van der Waals surface area (Å²) in [6.45, 7) is 7.13. The molecule has 2 aromatic rings. The van der Waals surface area contributed by atoms with Crippen LogP contribution in [0.2, 0.25) is 0 Å². The van der Waals surface area contributed by atoms with E-state index in [9.17, 15) is 9.90 Å². The van der Waals surface area contributed by atoms with Crippen LogP contribution in [0.15, 0.2) is 24.4 Å². The lowest BCUT2D eigenvalue weighted by Crippen LogP contribution is -2.36. The number of methoxy groups -OCH3 is 1. The Labute approximate surface area is 165 Å². The lowest BCUT2D eigenvalue weighted by molar-refractivity contribution is 0.0944. The lowest BCUT2D eigenvalue weighted by atomic mass is 10.0. The molecule has 28 heavy (non-hydrogen) atoms. The number of aromatic hydroxyl groups is 1. The fourth-order valence-electron chi connectivity index (χ4n) is 3.38. The Morgan fingerprint density at radius 2 is 2.25 bits per heavy atom. The van der Waals surface area contributed by atoms with Gasteiger partial charge in [-0.3, -0.25) is 9.69 Å². The minimum absolute atomic E-state index is 0.160. The van der Waals surface area contributed by atoms with Crippen molar-refractivity contribution in [1.82, 2.24) is 25.2 Å². The molecule has 1 aromatic heterocycles. The third-order valence-corrected chi connectivity index (χ3v) is 4.95. The normalized spacial score (nSPS) is 17.6. The Kier molecular flexibility index (Phi) is 6.51. The van der Waals surface area contributed by atoms with Crippen molar-refractivity contribution in [2.24, 2.45) is 5.92 Å². The molecule has 0 spiro atoms. The summed E-state index contributed by atoms with van der Waals surface area (Å²) in [6.07, 6.45) is 3.74. The van der Waals surface area contributed by atoms with Gasteiger partial charge in [0.1, 0.15) is 11.5 Å². The van der Waals surface area contributed by atoms with E-state index in [1.807, 2.05) is 26.0 Å². The van der Waals surface area contributed by atoms with Gasteiger partial charge in [0.05, 0.1) is 19.3 Å². The summed E-state index contributed by atoms with van der Waals surface area (Å²) in [5.41, 5.74) is 1.22. The number of carbonyl (C=O) groups is 1. The van der Waals surface area contributed by atoms with E-state index in [4.69, 9.17) is 4.74 Å². The second-order valence-corrected chi connectivity index (χ2v) is 7.71. The molecule has 1 aromatic carbocycles. The largest absolute Gasteiger partial charge is 0.507 e. The number of hydrogen-bond acceptors (Lipinski definition) is 6. The molecule has 0 saturated carbocycles. The van der Waals surface area contributed by atoms with E-state index in [-0.39, 0.29) is 17.7 Å².